The largest absolute Gasteiger partial charge is 0.354 e. The molecule has 1 fully saturated rings. The molecule has 3 heterocycles. The molecule has 7 nitrogen and oxygen atoms in total. The lowest BCUT2D eigenvalue weighted by Crippen LogP contribution is -2.44. The monoisotopic (exact) mass is 472 g/mol. The highest BCUT2D eigenvalue weighted by Gasteiger charge is 2.15. The van der Waals surface area contributed by atoms with Crippen LogP contribution in [0.5, 0.6) is 0 Å². The molecule has 32 heavy (non-hydrogen) atoms. The highest BCUT2D eigenvalue weighted by molar-refractivity contribution is 7.22. The number of anilines is 1. The summed E-state index contributed by atoms with van der Waals surface area (Å²) >= 11 is 8.02. The van der Waals surface area contributed by atoms with Gasteiger partial charge < -0.3 is 20.0 Å². The molecule has 1 N–H and O–H groups in total. The fraction of sp³-hybridized carbons (Fsp3) is 0.435. The minimum atomic E-state index is -0.00928. The van der Waals surface area contributed by atoms with Gasteiger partial charge in [0.05, 0.1) is 16.1 Å². The van der Waals surface area contributed by atoms with E-state index in [1.54, 1.807) is 36.5 Å². The fourth-order valence-corrected chi connectivity index (χ4v) is 5.09. The van der Waals surface area contributed by atoms with E-state index >= 15 is 0 Å². The average Bonchev–Trinajstić information content (AvgIpc) is 3.21. The highest BCUT2D eigenvalue weighted by Crippen LogP contribution is 2.36. The summed E-state index contributed by atoms with van der Waals surface area (Å²) in [4.78, 5) is 28.7. The van der Waals surface area contributed by atoms with Gasteiger partial charge in [0.25, 0.3) is 5.91 Å². The van der Waals surface area contributed by atoms with Crippen molar-refractivity contribution >= 4 is 44.9 Å². The number of thiophene rings is 1. The third-order valence-electron chi connectivity index (χ3n) is 5.68. The molecule has 170 valence electrons. The number of piperazine rings is 1. The van der Waals surface area contributed by atoms with Gasteiger partial charge in [0.15, 0.2) is 0 Å². The minimum absolute atomic E-state index is 0.00928. The number of likely N-dealkylation sites (N-methyl/N-ethyl adjacent to an activating group) is 1. The van der Waals surface area contributed by atoms with Gasteiger partial charge in [0.2, 0.25) is 5.95 Å². The normalized spacial score (nSPS) is 15.2. The smallest absolute Gasteiger partial charge is 0.253 e. The lowest BCUT2D eigenvalue weighted by atomic mass is 10.1. The second-order valence-electron chi connectivity index (χ2n) is 8.38. The number of benzene rings is 1. The van der Waals surface area contributed by atoms with E-state index in [-0.39, 0.29) is 5.91 Å². The Morgan fingerprint density at radius 3 is 2.75 bits per heavy atom. The predicted molar refractivity (Wildman–Crippen MR) is 133 cm³/mol. The Hall–Kier alpha value is -2.26. The van der Waals surface area contributed by atoms with Crippen LogP contribution in [0.15, 0.2) is 30.5 Å². The zero-order valence-corrected chi connectivity index (χ0v) is 20.3. The van der Waals surface area contributed by atoms with Crippen molar-refractivity contribution in [2.75, 3.05) is 65.7 Å². The molecule has 2 aromatic heterocycles. The molecule has 0 saturated carbocycles. The van der Waals surface area contributed by atoms with Crippen LogP contribution in [0.2, 0.25) is 5.02 Å². The number of carbonyl (C=O) groups excluding carboxylic acids is 1. The van der Waals surface area contributed by atoms with Crippen molar-refractivity contribution in [2.45, 2.75) is 6.42 Å². The van der Waals surface area contributed by atoms with Crippen LogP contribution in [0.25, 0.3) is 20.7 Å². The van der Waals surface area contributed by atoms with Crippen LogP contribution in [0.4, 0.5) is 5.95 Å². The molecule has 0 radical (unpaired) electrons. The number of nitrogens with one attached hydrogen (secondary N) is 1. The minimum Gasteiger partial charge on any atom is -0.354 e. The van der Waals surface area contributed by atoms with Crippen molar-refractivity contribution in [3.63, 3.8) is 0 Å². The summed E-state index contributed by atoms with van der Waals surface area (Å²) < 4.78 is 1.03. The van der Waals surface area contributed by atoms with Crippen molar-refractivity contribution in [3.8, 4) is 10.6 Å². The van der Waals surface area contributed by atoms with Gasteiger partial charge in [-0.2, -0.15) is 0 Å². The Balaban J connectivity index is 1.43. The third-order valence-corrected chi connectivity index (χ3v) is 7.06. The van der Waals surface area contributed by atoms with Gasteiger partial charge in [-0.05, 0) is 43.6 Å². The summed E-state index contributed by atoms with van der Waals surface area (Å²) in [5.41, 5.74) is 1.39. The molecule has 0 aliphatic carbocycles. The molecular formula is C23H29ClN6OS. The Kier molecular flexibility index (Phi) is 7.25. The molecule has 0 unspecified atom stereocenters. The van der Waals surface area contributed by atoms with Gasteiger partial charge in [-0.3, -0.25) is 4.79 Å². The quantitative estimate of drug-likeness (QED) is 0.528. The van der Waals surface area contributed by atoms with Gasteiger partial charge in [-0.25, -0.2) is 9.97 Å². The Bertz CT molecular complexity index is 1090. The van der Waals surface area contributed by atoms with Crippen LogP contribution in [0, 0.1) is 0 Å². The summed E-state index contributed by atoms with van der Waals surface area (Å²) in [7, 11) is 5.69. The van der Waals surface area contributed by atoms with Gasteiger partial charge in [0, 0.05) is 57.1 Å². The molecule has 0 spiro atoms. The van der Waals surface area contributed by atoms with E-state index in [1.807, 2.05) is 18.2 Å². The van der Waals surface area contributed by atoms with Crippen LogP contribution in [-0.2, 0) is 0 Å². The molecule has 1 amide bonds. The standard InChI is InChI=1S/C23H29ClN6OS/c1-28(2)22(31)17-6-5-16-13-20(32-19(16)14-17)21-18(24)15-26-23(27-21)25-7-4-8-30-11-9-29(3)10-12-30/h5-6,13-15H,4,7-12H2,1-3H3,(H,25,26,27). The lowest BCUT2D eigenvalue weighted by Gasteiger charge is -2.32. The van der Waals surface area contributed by atoms with E-state index in [1.165, 1.54) is 0 Å². The second-order valence-corrected chi connectivity index (χ2v) is 9.87. The number of rotatable bonds is 7. The summed E-state index contributed by atoms with van der Waals surface area (Å²) in [6, 6.07) is 7.82. The van der Waals surface area contributed by atoms with Gasteiger partial charge in [-0.1, -0.05) is 17.7 Å². The van der Waals surface area contributed by atoms with Crippen molar-refractivity contribution in [2.24, 2.45) is 0 Å². The zero-order chi connectivity index (χ0) is 22.7. The molecule has 1 aliphatic rings. The summed E-state index contributed by atoms with van der Waals surface area (Å²) in [5.74, 6) is 0.577. The number of amides is 1. The van der Waals surface area contributed by atoms with Crippen LogP contribution in [0.1, 0.15) is 16.8 Å². The third kappa shape index (κ3) is 5.38. The fourth-order valence-electron chi connectivity index (χ4n) is 3.74. The van der Waals surface area contributed by atoms with E-state index in [4.69, 9.17) is 11.6 Å². The highest BCUT2D eigenvalue weighted by atomic mass is 35.5. The number of aromatic nitrogens is 2. The Morgan fingerprint density at radius 2 is 2.00 bits per heavy atom. The zero-order valence-electron chi connectivity index (χ0n) is 18.8. The van der Waals surface area contributed by atoms with E-state index in [9.17, 15) is 4.79 Å². The maximum Gasteiger partial charge on any atom is 0.253 e. The van der Waals surface area contributed by atoms with Crippen LogP contribution >= 0.6 is 22.9 Å². The molecule has 1 aromatic carbocycles. The summed E-state index contributed by atoms with van der Waals surface area (Å²) in [6.07, 6.45) is 2.69. The van der Waals surface area contributed by atoms with E-state index in [0.717, 1.165) is 60.7 Å². The number of carbonyl (C=O) groups is 1. The molecule has 1 saturated heterocycles. The van der Waals surface area contributed by atoms with Crippen molar-refractivity contribution in [1.29, 1.82) is 0 Å². The first-order valence-corrected chi connectivity index (χ1v) is 12.0. The number of hydrogen-bond donors (Lipinski definition) is 1. The first-order chi connectivity index (χ1) is 15.4. The number of fused-ring (bicyclic) bond motifs is 1. The first-order valence-electron chi connectivity index (χ1n) is 10.8. The summed E-state index contributed by atoms with van der Waals surface area (Å²) in [5, 5.41) is 4.92. The Labute approximate surface area is 198 Å². The molecule has 1 aliphatic heterocycles. The number of halogens is 1. The molecule has 0 bridgehead atoms. The molecular weight excluding hydrogens is 444 g/mol. The molecule has 9 heteroatoms. The van der Waals surface area contributed by atoms with E-state index < -0.39 is 0 Å². The maximum absolute atomic E-state index is 12.3. The van der Waals surface area contributed by atoms with Crippen LogP contribution < -0.4 is 5.32 Å². The van der Waals surface area contributed by atoms with Gasteiger partial charge in [0.1, 0.15) is 5.69 Å². The van der Waals surface area contributed by atoms with E-state index in [2.05, 4.69) is 38.2 Å². The van der Waals surface area contributed by atoms with Gasteiger partial charge in [-0.15, -0.1) is 11.3 Å². The van der Waals surface area contributed by atoms with Crippen molar-refractivity contribution < 1.29 is 4.79 Å². The topological polar surface area (TPSA) is 64.6 Å². The first kappa shape index (κ1) is 22.9. The summed E-state index contributed by atoms with van der Waals surface area (Å²) in [6.45, 7) is 6.42. The molecule has 3 aromatic rings. The van der Waals surface area contributed by atoms with Gasteiger partial charge >= 0.3 is 0 Å². The maximum atomic E-state index is 12.3. The molecule has 0 atom stereocenters. The second kappa shape index (κ2) is 10.1. The average molecular weight is 473 g/mol. The predicted octanol–water partition coefficient (Wildman–Crippen LogP) is 3.76. The van der Waals surface area contributed by atoms with Crippen LogP contribution in [-0.4, -0.2) is 91.0 Å². The van der Waals surface area contributed by atoms with Crippen molar-refractivity contribution in [1.82, 2.24) is 24.7 Å². The number of nitrogens with zero attached hydrogens (tertiary/aromatic N) is 5. The van der Waals surface area contributed by atoms with E-state index in [0.29, 0.717) is 22.2 Å². The number of hydrogen-bond acceptors (Lipinski definition) is 7. The SMILES string of the molecule is CN1CCN(CCCNc2ncc(Cl)c(-c3cc4ccc(C(=O)N(C)C)cc4s3)n2)CC1. The van der Waals surface area contributed by atoms with Crippen LogP contribution in [0.3, 0.4) is 0 Å². The Morgan fingerprint density at radius 1 is 1.22 bits per heavy atom. The lowest BCUT2D eigenvalue weighted by molar-refractivity contribution is 0.0828. The molecule has 4 rings (SSSR count). The van der Waals surface area contributed by atoms with Crippen molar-refractivity contribution in [3.05, 3.63) is 41.0 Å².